The molecule has 0 fully saturated rings. The minimum absolute atomic E-state index is 0.190. The number of carbonyl (C=O) groups is 1. The quantitative estimate of drug-likeness (QED) is 0.803. The van der Waals surface area contributed by atoms with E-state index in [4.69, 9.17) is 17.0 Å². The second kappa shape index (κ2) is 7.64. The number of rotatable bonds is 4. The molecule has 0 atom stereocenters. The van der Waals surface area contributed by atoms with E-state index < -0.39 is 0 Å². The Labute approximate surface area is 155 Å². The molecule has 1 aromatic carbocycles. The van der Waals surface area contributed by atoms with Crippen LogP contribution >= 0.6 is 23.6 Å². The normalized spacial score (nSPS) is 12.2. The monoisotopic (exact) mass is 371 g/mol. The molecule has 7 heteroatoms. The minimum Gasteiger partial charge on any atom is -0.494 e. The lowest BCUT2D eigenvalue weighted by Gasteiger charge is -2.09. The molecule has 1 aromatic heterocycles. The summed E-state index contributed by atoms with van der Waals surface area (Å²) in [6, 6.07) is 9.10. The van der Waals surface area contributed by atoms with Crippen molar-refractivity contribution in [2.75, 3.05) is 11.9 Å². The molecule has 0 bridgehead atoms. The maximum absolute atomic E-state index is 12.3. The molecule has 5 nitrogen and oxygen atoms in total. The smallest absolute Gasteiger partial charge is 0.257 e. The van der Waals surface area contributed by atoms with Crippen molar-refractivity contribution in [1.82, 2.24) is 5.32 Å². The molecule has 0 spiro atoms. The first kappa shape index (κ1) is 17.4. The third-order valence-corrected chi connectivity index (χ3v) is 5.33. The Morgan fingerprint density at radius 2 is 2.12 bits per heavy atom. The van der Waals surface area contributed by atoms with Crippen molar-refractivity contribution < 1.29 is 9.53 Å². The van der Waals surface area contributed by atoms with Crippen molar-refractivity contribution >= 4 is 39.6 Å². The molecule has 1 amide bonds. The molecule has 3 rings (SSSR count). The van der Waals surface area contributed by atoms with Crippen molar-refractivity contribution in [2.24, 2.45) is 0 Å². The van der Waals surface area contributed by atoms with E-state index in [9.17, 15) is 10.1 Å². The van der Waals surface area contributed by atoms with Crippen LogP contribution in [0.25, 0.3) is 0 Å². The number of carbonyl (C=O) groups excluding carboxylic acids is 1. The molecule has 0 aliphatic heterocycles. The van der Waals surface area contributed by atoms with Gasteiger partial charge in [-0.2, -0.15) is 5.26 Å². The van der Waals surface area contributed by atoms with Gasteiger partial charge in [-0.3, -0.25) is 10.1 Å². The first-order valence-corrected chi connectivity index (χ1v) is 9.24. The van der Waals surface area contributed by atoms with Crippen LogP contribution in [-0.4, -0.2) is 17.6 Å². The Kier molecular flexibility index (Phi) is 5.31. The number of fused-ring (bicyclic) bond motifs is 1. The Balaban J connectivity index is 1.65. The van der Waals surface area contributed by atoms with E-state index in [0.717, 1.165) is 24.8 Å². The highest BCUT2D eigenvalue weighted by Crippen LogP contribution is 2.38. The van der Waals surface area contributed by atoms with E-state index in [1.54, 1.807) is 35.6 Å². The average molecular weight is 371 g/mol. The van der Waals surface area contributed by atoms with Gasteiger partial charge in [0.05, 0.1) is 12.2 Å². The van der Waals surface area contributed by atoms with Crippen LogP contribution < -0.4 is 15.4 Å². The van der Waals surface area contributed by atoms with Crippen LogP contribution in [0.3, 0.4) is 0 Å². The second-order valence-electron chi connectivity index (χ2n) is 5.54. The number of hydrogen-bond donors (Lipinski definition) is 2. The first-order chi connectivity index (χ1) is 12.1. The number of amides is 1. The molecule has 1 aliphatic rings. The van der Waals surface area contributed by atoms with Crippen LogP contribution in [0.2, 0.25) is 0 Å². The maximum atomic E-state index is 12.3. The Morgan fingerprint density at radius 1 is 1.36 bits per heavy atom. The highest BCUT2D eigenvalue weighted by molar-refractivity contribution is 7.80. The minimum atomic E-state index is -0.303. The summed E-state index contributed by atoms with van der Waals surface area (Å²) in [5.41, 5.74) is 2.26. The molecule has 0 radical (unpaired) electrons. The molecule has 0 saturated heterocycles. The number of thiocarbonyl (C=S) groups is 1. The molecule has 25 heavy (non-hydrogen) atoms. The van der Waals surface area contributed by atoms with Gasteiger partial charge in [-0.1, -0.05) is 0 Å². The predicted octanol–water partition coefficient (Wildman–Crippen LogP) is 3.63. The standard InChI is InChI=1S/C18H17N3O2S2/c1-2-23-12-8-6-11(7-9-12)16(22)20-18(24)21-17-14(10-19)13-4-3-5-15(13)25-17/h6-9H,2-5H2,1H3,(H2,20,21,22,24). The van der Waals surface area contributed by atoms with E-state index >= 15 is 0 Å². The van der Waals surface area contributed by atoms with Gasteiger partial charge in [-0.25, -0.2) is 0 Å². The lowest BCUT2D eigenvalue weighted by Crippen LogP contribution is -2.34. The number of aryl methyl sites for hydroxylation is 1. The zero-order chi connectivity index (χ0) is 17.8. The lowest BCUT2D eigenvalue weighted by molar-refractivity contribution is 0.0977. The zero-order valence-electron chi connectivity index (χ0n) is 13.7. The molecular weight excluding hydrogens is 354 g/mol. The highest BCUT2D eigenvalue weighted by Gasteiger charge is 2.22. The zero-order valence-corrected chi connectivity index (χ0v) is 15.4. The third kappa shape index (κ3) is 3.81. The van der Waals surface area contributed by atoms with Crippen molar-refractivity contribution in [1.29, 1.82) is 5.26 Å². The number of hydrogen-bond acceptors (Lipinski definition) is 5. The van der Waals surface area contributed by atoms with E-state index in [1.165, 1.54) is 4.88 Å². The van der Waals surface area contributed by atoms with Crippen LogP contribution in [0.4, 0.5) is 5.00 Å². The van der Waals surface area contributed by atoms with E-state index in [1.807, 2.05) is 6.92 Å². The Morgan fingerprint density at radius 3 is 2.80 bits per heavy atom. The number of ether oxygens (including phenoxy) is 1. The summed E-state index contributed by atoms with van der Waals surface area (Å²) in [4.78, 5) is 13.5. The van der Waals surface area contributed by atoms with Crippen molar-refractivity contribution in [2.45, 2.75) is 26.2 Å². The van der Waals surface area contributed by atoms with Gasteiger partial charge >= 0.3 is 0 Å². The van der Waals surface area contributed by atoms with Crippen LogP contribution in [0.1, 0.15) is 39.7 Å². The number of nitrogens with one attached hydrogen (secondary N) is 2. The van der Waals surface area contributed by atoms with Crippen LogP contribution in [0.15, 0.2) is 24.3 Å². The summed E-state index contributed by atoms with van der Waals surface area (Å²) in [5.74, 6) is 0.412. The molecular formula is C18H17N3O2S2. The summed E-state index contributed by atoms with van der Waals surface area (Å²) in [6.45, 7) is 2.48. The second-order valence-corrected chi connectivity index (χ2v) is 7.05. The van der Waals surface area contributed by atoms with Gasteiger partial charge < -0.3 is 10.1 Å². The Bertz CT molecular complexity index is 850. The number of nitrogens with zero attached hydrogens (tertiary/aromatic N) is 1. The molecule has 0 saturated carbocycles. The van der Waals surface area contributed by atoms with Gasteiger partial charge in [-0.05, 0) is 68.2 Å². The summed E-state index contributed by atoms with van der Waals surface area (Å²) < 4.78 is 5.36. The van der Waals surface area contributed by atoms with E-state index in [0.29, 0.717) is 28.5 Å². The summed E-state index contributed by atoms with van der Waals surface area (Å²) in [6.07, 6.45) is 3.03. The summed E-state index contributed by atoms with van der Waals surface area (Å²) in [5, 5.41) is 15.9. The topological polar surface area (TPSA) is 74.2 Å². The molecule has 1 aliphatic carbocycles. The fraction of sp³-hybridized carbons (Fsp3) is 0.278. The van der Waals surface area contributed by atoms with Gasteiger partial charge in [0.1, 0.15) is 16.8 Å². The fourth-order valence-corrected chi connectivity index (χ4v) is 4.29. The van der Waals surface area contributed by atoms with E-state index in [2.05, 4.69) is 16.7 Å². The van der Waals surface area contributed by atoms with Crippen LogP contribution in [-0.2, 0) is 12.8 Å². The third-order valence-electron chi connectivity index (χ3n) is 3.91. The SMILES string of the molecule is CCOc1ccc(C(=O)NC(=S)Nc2sc3c(c2C#N)CCC3)cc1. The molecule has 2 N–H and O–H groups in total. The van der Waals surface area contributed by atoms with E-state index in [-0.39, 0.29) is 11.0 Å². The number of benzene rings is 1. The van der Waals surface area contributed by atoms with Gasteiger partial charge in [0.15, 0.2) is 5.11 Å². The van der Waals surface area contributed by atoms with Crippen molar-refractivity contribution in [3.63, 3.8) is 0 Å². The average Bonchev–Trinajstić information content (AvgIpc) is 3.16. The van der Waals surface area contributed by atoms with Gasteiger partial charge in [0.25, 0.3) is 5.91 Å². The maximum Gasteiger partial charge on any atom is 0.257 e. The van der Waals surface area contributed by atoms with Gasteiger partial charge in [-0.15, -0.1) is 11.3 Å². The predicted molar refractivity (Wildman–Crippen MR) is 102 cm³/mol. The van der Waals surface area contributed by atoms with Crippen molar-refractivity contribution in [3.05, 3.63) is 45.8 Å². The first-order valence-electron chi connectivity index (χ1n) is 8.02. The largest absolute Gasteiger partial charge is 0.494 e. The van der Waals surface area contributed by atoms with Gasteiger partial charge in [0.2, 0.25) is 0 Å². The molecule has 2 aromatic rings. The van der Waals surface area contributed by atoms with Crippen LogP contribution in [0, 0.1) is 11.3 Å². The van der Waals surface area contributed by atoms with Gasteiger partial charge in [0, 0.05) is 10.4 Å². The van der Waals surface area contributed by atoms with Crippen LogP contribution in [0.5, 0.6) is 5.75 Å². The Hall–Kier alpha value is -2.43. The summed E-state index contributed by atoms with van der Waals surface area (Å²) in [7, 11) is 0. The summed E-state index contributed by atoms with van der Waals surface area (Å²) >= 11 is 6.77. The lowest BCUT2D eigenvalue weighted by atomic mass is 10.1. The molecule has 128 valence electrons. The molecule has 0 unspecified atom stereocenters. The molecule has 1 heterocycles. The number of anilines is 1. The highest BCUT2D eigenvalue weighted by atomic mass is 32.1. The number of thiophene rings is 1. The van der Waals surface area contributed by atoms with Crippen molar-refractivity contribution in [3.8, 4) is 11.8 Å². The number of nitriles is 1. The fourth-order valence-electron chi connectivity index (χ4n) is 2.79.